The summed E-state index contributed by atoms with van der Waals surface area (Å²) in [6, 6.07) is 12.5. The number of aliphatic carboxylic acids is 1. The van der Waals surface area contributed by atoms with Crippen molar-refractivity contribution in [3.63, 3.8) is 0 Å². The van der Waals surface area contributed by atoms with Crippen molar-refractivity contribution in [3.8, 4) is 0 Å². The van der Waals surface area contributed by atoms with E-state index in [1.807, 2.05) is 49.4 Å². The van der Waals surface area contributed by atoms with Crippen molar-refractivity contribution in [1.29, 1.82) is 0 Å². The van der Waals surface area contributed by atoms with E-state index >= 15 is 0 Å². The van der Waals surface area contributed by atoms with Gasteiger partial charge in [0.15, 0.2) is 0 Å². The maximum absolute atomic E-state index is 11.8. The van der Waals surface area contributed by atoms with Gasteiger partial charge in [-0.1, -0.05) is 55.8 Å². The van der Waals surface area contributed by atoms with E-state index in [-0.39, 0.29) is 41.9 Å². The molecule has 0 radical (unpaired) electrons. The minimum absolute atomic E-state index is 0. The normalized spacial score (nSPS) is 11.5. The van der Waals surface area contributed by atoms with Gasteiger partial charge < -0.3 is 15.2 Å². The van der Waals surface area contributed by atoms with Crippen LogP contribution in [0.25, 0.3) is 10.8 Å². The van der Waals surface area contributed by atoms with Crippen LogP contribution in [0, 0.1) is 0 Å². The van der Waals surface area contributed by atoms with E-state index in [1.54, 1.807) is 0 Å². The summed E-state index contributed by atoms with van der Waals surface area (Å²) in [5.74, 6) is -1.49. The summed E-state index contributed by atoms with van der Waals surface area (Å²) in [7, 11) is 0. The van der Waals surface area contributed by atoms with Crippen LogP contribution in [0.4, 0.5) is 0 Å². The molecule has 4 nitrogen and oxygen atoms in total. The molecule has 0 bridgehead atoms. The van der Waals surface area contributed by atoms with E-state index < -0.39 is 12.0 Å². The Morgan fingerprint density at radius 2 is 1.83 bits per heavy atom. The fraction of sp³-hybridized carbons (Fsp3) is 0.333. The topological polar surface area (TPSA) is 69.2 Å². The van der Waals surface area contributed by atoms with E-state index in [4.69, 9.17) is 0 Å². The molecule has 5 heteroatoms. The fourth-order valence-electron chi connectivity index (χ4n) is 2.49. The first-order valence-corrected chi connectivity index (χ1v) is 7.58. The van der Waals surface area contributed by atoms with Gasteiger partial charge in [-0.15, -0.1) is 0 Å². The number of hydrogen-bond acceptors (Lipinski definition) is 3. The maximum atomic E-state index is 11.8. The quantitative estimate of drug-likeness (QED) is 0.652. The van der Waals surface area contributed by atoms with Crippen molar-refractivity contribution in [2.24, 2.45) is 0 Å². The van der Waals surface area contributed by atoms with Crippen LogP contribution in [0.5, 0.6) is 0 Å². The van der Waals surface area contributed by atoms with Gasteiger partial charge in [0.2, 0.25) is 5.91 Å². The van der Waals surface area contributed by atoms with Gasteiger partial charge >= 0.3 is 29.6 Å². The summed E-state index contributed by atoms with van der Waals surface area (Å²) in [6.45, 7) is 1.99. The molecule has 1 atom stereocenters. The van der Waals surface area contributed by atoms with Crippen molar-refractivity contribution >= 4 is 22.6 Å². The minimum atomic E-state index is -1.25. The number of unbranched alkanes of at least 4 members (excludes halogenated alkanes) is 1. The molecule has 0 aliphatic rings. The predicted molar refractivity (Wildman–Crippen MR) is 84.1 cm³/mol. The van der Waals surface area contributed by atoms with Gasteiger partial charge in [0.25, 0.3) is 0 Å². The second kappa shape index (κ2) is 9.71. The van der Waals surface area contributed by atoms with Gasteiger partial charge in [0.05, 0.1) is 12.0 Å². The van der Waals surface area contributed by atoms with Gasteiger partial charge in [-0.3, -0.25) is 4.79 Å². The van der Waals surface area contributed by atoms with Crippen LogP contribution in [0.1, 0.15) is 31.7 Å². The number of benzene rings is 2. The second-order valence-electron chi connectivity index (χ2n) is 5.39. The molecule has 2 aromatic rings. The molecule has 2 rings (SSSR count). The van der Waals surface area contributed by atoms with Gasteiger partial charge in [0.1, 0.15) is 0 Å². The molecule has 1 unspecified atom stereocenters. The summed E-state index contributed by atoms with van der Waals surface area (Å²) in [6.07, 6.45) is 2.21. The van der Waals surface area contributed by atoms with Crippen LogP contribution in [0.15, 0.2) is 42.5 Å². The van der Waals surface area contributed by atoms with Crippen LogP contribution >= 0.6 is 0 Å². The molecule has 23 heavy (non-hydrogen) atoms. The Labute approximate surface area is 158 Å². The van der Waals surface area contributed by atoms with Crippen molar-refractivity contribution in [3.05, 3.63) is 48.0 Å². The second-order valence-corrected chi connectivity index (χ2v) is 5.39. The van der Waals surface area contributed by atoms with Gasteiger partial charge in [-0.25, -0.2) is 0 Å². The van der Waals surface area contributed by atoms with Gasteiger partial charge in [-0.2, -0.15) is 0 Å². The molecule has 116 valence electrons. The molecule has 1 N–H and O–H groups in total. The Morgan fingerprint density at radius 1 is 1.13 bits per heavy atom. The Balaban J connectivity index is 0.00000264. The number of hydrogen-bond donors (Lipinski definition) is 1. The van der Waals surface area contributed by atoms with Gasteiger partial charge in [-0.05, 0) is 29.2 Å². The van der Waals surface area contributed by atoms with E-state index in [0.717, 1.165) is 29.2 Å². The number of carbonyl (C=O) groups excluding carboxylic acids is 2. The first kappa shape index (κ1) is 19.7. The number of amides is 1. The zero-order chi connectivity index (χ0) is 15.9. The van der Waals surface area contributed by atoms with Crippen LogP contribution in [0.3, 0.4) is 0 Å². The molecule has 0 heterocycles. The molecule has 0 spiro atoms. The number of nitrogens with one attached hydrogen (secondary N) is 1. The Bertz CT molecular complexity index is 667. The van der Waals surface area contributed by atoms with Crippen molar-refractivity contribution < 1.29 is 44.3 Å². The van der Waals surface area contributed by atoms with Crippen LogP contribution in [-0.4, -0.2) is 17.9 Å². The smallest absolute Gasteiger partial charge is 0.548 e. The van der Waals surface area contributed by atoms with Crippen molar-refractivity contribution in [1.82, 2.24) is 5.32 Å². The third-order valence-corrected chi connectivity index (χ3v) is 3.68. The molecule has 0 aromatic heterocycles. The average Bonchev–Trinajstić information content (AvgIpc) is 2.52. The molecule has 2 aromatic carbocycles. The summed E-state index contributed by atoms with van der Waals surface area (Å²) in [4.78, 5) is 23.1. The zero-order valence-electron chi connectivity index (χ0n) is 13.7. The van der Waals surface area contributed by atoms with Gasteiger partial charge in [0, 0.05) is 6.42 Å². The number of carboxylic acids is 1. The maximum Gasteiger partial charge on any atom is 1.00 e. The average molecular weight is 321 g/mol. The van der Waals surface area contributed by atoms with Crippen LogP contribution in [-0.2, 0) is 16.0 Å². The SMILES string of the molecule is CCCCC(=O)NC(Cc1cccc2ccccc12)C(=O)[O-].[Na+]. The summed E-state index contributed by atoms with van der Waals surface area (Å²) < 4.78 is 0. The number of fused-ring (bicyclic) bond motifs is 1. The molecule has 1 amide bonds. The molecular formula is C18H20NNaO3. The molecular weight excluding hydrogens is 301 g/mol. The zero-order valence-corrected chi connectivity index (χ0v) is 15.7. The van der Waals surface area contributed by atoms with Crippen molar-refractivity contribution in [2.75, 3.05) is 0 Å². The predicted octanol–water partition coefficient (Wildman–Crippen LogP) is -1.19. The minimum Gasteiger partial charge on any atom is -0.548 e. The standard InChI is InChI=1S/C18H21NO3.Na/c1-2-3-11-17(20)19-16(18(21)22)12-14-9-6-8-13-7-4-5-10-15(13)14;/h4-10,16H,2-3,11-12H2,1H3,(H,19,20)(H,21,22);/q;+1/p-1. The largest absolute Gasteiger partial charge is 1.00 e. The van der Waals surface area contributed by atoms with E-state index in [1.165, 1.54) is 0 Å². The van der Waals surface area contributed by atoms with Crippen LogP contribution < -0.4 is 40.0 Å². The number of rotatable bonds is 7. The summed E-state index contributed by atoms with van der Waals surface area (Å²) in [5, 5.41) is 15.9. The van der Waals surface area contributed by atoms with E-state index in [9.17, 15) is 14.7 Å². The summed E-state index contributed by atoms with van der Waals surface area (Å²) in [5.41, 5.74) is 0.892. The third kappa shape index (κ3) is 5.65. The Kier molecular flexibility index (Phi) is 8.31. The first-order valence-electron chi connectivity index (χ1n) is 7.58. The monoisotopic (exact) mass is 321 g/mol. The first-order chi connectivity index (χ1) is 10.6. The Morgan fingerprint density at radius 3 is 2.52 bits per heavy atom. The Hall–Kier alpha value is -1.36. The molecule has 0 saturated carbocycles. The molecule has 0 aliphatic carbocycles. The number of carbonyl (C=O) groups is 2. The molecule has 0 aliphatic heterocycles. The number of carboxylic acid groups (broad SMARTS) is 1. The summed E-state index contributed by atoms with van der Waals surface area (Å²) >= 11 is 0. The third-order valence-electron chi connectivity index (χ3n) is 3.68. The fourth-order valence-corrected chi connectivity index (χ4v) is 2.49. The molecule has 0 saturated heterocycles. The molecule has 0 fully saturated rings. The van der Waals surface area contributed by atoms with Crippen LogP contribution in [0.2, 0.25) is 0 Å². The van der Waals surface area contributed by atoms with E-state index in [0.29, 0.717) is 6.42 Å². The van der Waals surface area contributed by atoms with E-state index in [2.05, 4.69) is 5.32 Å². The van der Waals surface area contributed by atoms with Crippen molar-refractivity contribution in [2.45, 2.75) is 38.6 Å².